The third-order valence-corrected chi connectivity index (χ3v) is 2.89. The molecule has 0 radical (unpaired) electrons. The lowest BCUT2D eigenvalue weighted by Crippen LogP contribution is -2.60. The Morgan fingerprint density at radius 3 is 2.21 bits per heavy atom. The Bertz CT molecular complexity index is 472. The fourth-order valence-corrected chi connectivity index (χ4v) is 1.76. The number of hydrogen-bond acceptors (Lipinski definition) is 3. The fourth-order valence-electron chi connectivity index (χ4n) is 1.52. The maximum Gasteiger partial charge on any atom is 0.332 e. The third kappa shape index (κ3) is 3.50. The van der Waals surface area contributed by atoms with E-state index in [1.807, 2.05) is 32.0 Å². The van der Waals surface area contributed by atoms with Crippen molar-refractivity contribution in [2.75, 3.05) is 0 Å². The van der Waals surface area contributed by atoms with Gasteiger partial charge in [0.25, 0.3) is 0 Å². The SMILES string of the molecule is CC/C(C)=N/[N+](C(=N)N)(C(N)=S)c1ccccc1.Cl. The second-order valence-electron chi connectivity index (χ2n) is 3.88. The van der Waals surface area contributed by atoms with Crippen LogP contribution in [0.15, 0.2) is 35.4 Å². The van der Waals surface area contributed by atoms with Crippen molar-refractivity contribution in [2.45, 2.75) is 20.3 Å². The molecule has 5 N–H and O–H groups in total. The second-order valence-corrected chi connectivity index (χ2v) is 4.30. The Hall–Kier alpha value is -1.50. The van der Waals surface area contributed by atoms with Crippen LogP contribution in [0.5, 0.6) is 0 Å². The summed E-state index contributed by atoms with van der Waals surface area (Å²) in [7, 11) is 0. The molecule has 1 rings (SSSR count). The van der Waals surface area contributed by atoms with Crippen molar-refractivity contribution >= 4 is 47.1 Å². The van der Waals surface area contributed by atoms with Gasteiger partial charge in [-0.1, -0.05) is 30.2 Å². The zero-order valence-electron chi connectivity index (χ0n) is 11.0. The fraction of sp³-hybridized carbons (Fsp3) is 0.250. The number of nitrogens with two attached hydrogens (primary N) is 2. The Morgan fingerprint density at radius 1 is 1.32 bits per heavy atom. The number of halogens is 1. The van der Waals surface area contributed by atoms with Gasteiger partial charge in [0.2, 0.25) is 0 Å². The predicted octanol–water partition coefficient (Wildman–Crippen LogP) is 2.34. The van der Waals surface area contributed by atoms with Crippen molar-refractivity contribution in [2.24, 2.45) is 16.6 Å². The van der Waals surface area contributed by atoms with E-state index in [1.165, 1.54) is 0 Å². The van der Waals surface area contributed by atoms with Gasteiger partial charge >= 0.3 is 11.1 Å². The molecule has 104 valence electrons. The van der Waals surface area contributed by atoms with Crippen molar-refractivity contribution in [1.29, 1.82) is 5.41 Å². The van der Waals surface area contributed by atoms with Gasteiger partial charge in [0.15, 0.2) is 5.69 Å². The molecule has 1 atom stereocenters. The number of quaternary nitrogens is 1. The van der Waals surface area contributed by atoms with Gasteiger partial charge < -0.3 is 11.5 Å². The van der Waals surface area contributed by atoms with Gasteiger partial charge in [0.05, 0.1) is 5.71 Å². The van der Waals surface area contributed by atoms with Gasteiger partial charge in [-0.2, -0.15) is 0 Å². The van der Waals surface area contributed by atoms with Crippen molar-refractivity contribution in [1.82, 2.24) is 4.59 Å². The first kappa shape index (κ1) is 17.5. The average molecular weight is 301 g/mol. The molecule has 5 nitrogen and oxygen atoms in total. The number of benzene rings is 1. The number of guanidine groups is 1. The first-order chi connectivity index (χ1) is 8.45. The van der Waals surface area contributed by atoms with Crippen LogP contribution >= 0.6 is 24.6 Å². The van der Waals surface area contributed by atoms with Gasteiger partial charge in [0, 0.05) is 24.4 Å². The Morgan fingerprint density at radius 2 is 1.84 bits per heavy atom. The molecule has 0 amide bonds. The molecule has 0 spiro atoms. The summed E-state index contributed by atoms with van der Waals surface area (Å²) in [5, 5.41) is 12.3. The van der Waals surface area contributed by atoms with Crippen LogP contribution in [0.3, 0.4) is 0 Å². The van der Waals surface area contributed by atoms with Crippen molar-refractivity contribution in [3.05, 3.63) is 30.3 Å². The van der Waals surface area contributed by atoms with E-state index in [1.54, 1.807) is 12.1 Å². The normalized spacial score (nSPS) is 14.1. The topological polar surface area (TPSA) is 88.2 Å². The van der Waals surface area contributed by atoms with Crippen LogP contribution in [0.2, 0.25) is 0 Å². The molecule has 0 fully saturated rings. The number of hydrogen-bond donors (Lipinski definition) is 3. The Labute approximate surface area is 124 Å². The summed E-state index contributed by atoms with van der Waals surface area (Å²) < 4.78 is -0.449. The number of nitrogens with zero attached hydrogens (tertiary/aromatic N) is 2. The average Bonchev–Trinajstić information content (AvgIpc) is 2.35. The minimum atomic E-state index is -0.449. The molecule has 0 aliphatic heterocycles. The molecule has 0 aliphatic carbocycles. The predicted molar refractivity (Wildman–Crippen MR) is 87.6 cm³/mol. The molecule has 7 heteroatoms. The number of thiocarbonyl (C=S) groups is 1. The van der Waals surface area contributed by atoms with Gasteiger partial charge in [-0.3, -0.25) is 0 Å². The van der Waals surface area contributed by atoms with Gasteiger partial charge in [-0.15, -0.1) is 12.4 Å². The molecule has 0 aliphatic rings. The Balaban J connectivity index is 0.00000324. The van der Waals surface area contributed by atoms with Crippen LogP contribution in [0.4, 0.5) is 5.69 Å². The van der Waals surface area contributed by atoms with E-state index in [2.05, 4.69) is 5.10 Å². The van der Waals surface area contributed by atoms with Gasteiger partial charge in [-0.25, -0.2) is 5.41 Å². The van der Waals surface area contributed by atoms with Crippen molar-refractivity contribution in [3.63, 3.8) is 0 Å². The molecule has 0 saturated carbocycles. The Kier molecular flexibility index (Phi) is 6.61. The summed E-state index contributed by atoms with van der Waals surface area (Å²) in [5.74, 6) is -0.221. The first-order valence-electron chi connectivity index (χ1n) is 5.60. The summed E-state index contributed by atoms with van der Waals surface area (Å²) >= 11 is 5.08. The largest absolute Gasteiger partial charge is 0.342 e. The minimum Gasteiger partial charge on any atom is -0.342 e. The number of nitrogens with one attached hydrogen (secondary N) is 1. The second kappa shape index (κ2) is 7.18. The van der Waals surface area contributed by atoms with E-state index >= 15 is 0 Å². The summed E-state index contributed by atoms with van der Waals surface area (Å²) in [6.07, 6.45) is 0.739. The maximum absolute atomic E-state index is 7.81. The van der Waals surface area contributed by atoms with E-state index in [0.29, 0.717) is 5.69 Å². The lowest BCUT2D eigenvalue weighted by Gasteiger charge is -2.27. The lowest BCUT2D eigenvalue weighted by molar-refractivity contribution is 0.617. The minimum absolute atomic E-state index is 0. The van der Waals surface area contributed by atoms with Crippen molar-refractivity contribution in [3.8, 4) is 0 Å². The van der Waals surface area contributed by atoms with Crippen LogP contribution < -0.4 is 16.1 Å². The maximum atomic E-state index is 7.81. The lowest BCUT2D eigenvalue weighted by atomic mass is 10.3. The highest BCUT2D eigenvalue weighted by atomic mass is 35.5. The molecule has 1 aromatic rings. The summed E-state index contributed by atoms with van der Waals surface area (Å²) in [5.41, 5.74) is 13.0. The molecule has 1 unspecified atom stereocenters. The van der Waals surface area contributed by atoms with Gasteiger partial charge in [-0.05, 0) is 17.9 Å². The molecular formula is C12H19ClN5S+. The molecular weight excluding hydrogens is 282 g/mol. The van der Waals surface area contributed by atoms with Crippen LogP contribution in [0.1, 0.15) is 20.3 Å². The van der Waals surface area contributed by atoms with E-state index in [9.17, 15) is 0 Å². The number of para-hydroxylation sites is 1. The molecule has 1 aromatic carbocycles. The summed E-state index contributed by atoms with van der Waals surface area (Å²) in [4.78, 5) is 0. The van der Waals surface area contributed by atoms with Crippen molar-refractivity contribution < 1.29 is 0 Å². The standard InChI is InChI=1S/C12H17N5S.ClH/c1-3-9(2)16-17(11(13)14,12(15)18)10-7-5-4-6-8-10;/h4-8H,3H2,1-2H3,(H4-,13,14,15,18);1H/p+1/b16-9+;. The quantitative estimate of drug-likeness (QED) is 0.263. The van der Waals surface area contributed by atoms with Crippen LogP contribution in [-0.2, 0) is 0 Å². The molecule has 0 bridgehead atoms. The summed E-state index contributed by atoms with van der Waals surface area (Å²) in [6, 6.07) is 9.13. The van der Waals surface area contributed by atoms with Crippen LogP contribution in [-0.4, -0.2) is 16.8 Å². The highest BCUT2D eigenvalue weighted by Gasteiger charge is 2.40. The smallest absolute Gasteiger partial charge is 0.332 e. The van der Waals surface area contributed by atoms with Crippen LogP contribution in [0, 0.1) is 5.41 Å². The van der Waals surface area contributed by atoms with E-state index < -0.39 is 4.59 Å². The molecule has 19 heavy (non-hydrogen) atoms. The molecule has 0 saturated heterocycles. The molecule has 0 aromatic heterocycles. The van der Waals surface area contributed by atoms with E-state index in [4.69, 9.17) is 29.1 Å². The number of rotatable bonds is 3. The highest BCUT2D eigenvalue weighted by molar-refractivity contribution is 7.80. The van der Waals surface area contributed by atoms with Crippen LogP contribution in [0.25, 0.3) is 0 Å². The first-order valence-corrected chi connectivity index (χ1v) is 6.01. The zero-order valence-corrected chi connectivity index (χ0v) is 12.6. The summed E-state index contributed by atoms with van der Waals surface area (Å²) in [6.45, 7) is 3.83. The zero-order chi connectivity index (χ0) is 13.8. The van der Waals surface area contributed by atoms with E-state index in [0.717, 1.165) is 12.1 Å². The third-order valence-electron chi connectivity index (χ3n) is 2.63. The molecule has 0 heterocycles. The van der Waals surface area contributed by atoms with E-state index in [-0.39, 0.29) is 23.5 Å². The van der Waals surface area contributed by atoms with Gasteiger partial charge in [0.1, 0.15) is 0 Å². The monoisotopic (exact) mass is 300 g/mol. The highest BCUT2D eigenvalue weighted by Crippen LogP contribution is 2.24.